The van der Waals surface area contributed by atoms with E-state index in [0.29, 0.717) is 12.5 Å². The van der Waals surface area contributed by atoms with Gasteiger partial charge in [-0.2, -0.15) is 0 Å². The van der Waals surface area contributed by atoms with E-state index >= 15 is 0 Å². The minimum atomic E-state index is 0. The first-order chi connectivity index (χ1) is 9.19. The van der Waals surface area contributed by atoms with E-state index in [1.54, 1.807) is 7.05 Å². The maximum Gasteiger partial charge on any atom is 0.233 e. The molecular formula is C14H21BrClN3O. The van der Waals surface area contributed by atoms with Crippen molar-refractivity contribution in [2.24, 2.45) is 5.92 Å². The quantitative estimate of drug-likeness (QED) is 0.842. The lowest BCUT2D eigenvalue weighted by molar-refractivity contribution is -0.120. The van der Waals surface area contributed by atoms with Crippen molar-refractivity contribution in [2.45, 2.75) is 6.42 Å². The minimum Gasteiger partial charge on any atom is -0.371 e. The number of halogens is 2. The summed E-state index contributed by atoms with van der Waals surface area (Å²) in [6, 6.07) is 8.37. The molecule has 1 amide bonds. The number of anilines is 1. The molecular weight excluding hydrogens is 342 g/mol. The highest BCUT2D eigenvalue weighted by molar-refractivity contribution is 9.10. The van der Waals surface area contributed by atoms with Crippen molar-refractivity contribution in [2.75, 3.05) is 38.1 Å². The summed E-state index contributed by atoms with van der Waals surface area (Å²) in [5.41, 5.74) is 1.25. The van der Waals surface area contributed by atoms with Gasteiger partial charge in [0.15, 0.2) is 0 Å². The molecule has 0 bridgehead atoms. The molecule has 1 aliphatic rings. The second-order valence-electron chi connectivity index (χ2n) is 4.91. The second kappa shape index (κ2) is 8.49. The Morgan fingerprint density at radius 2 is 2.30 bits per heavy atom. The van der Waals surface area contributed by atoms with E-state index in [-0.39, 0.29) is 18.3 Å². The summed E-state index contributed by atoms with van der Waals surface area (Å²) in [7, 11) is 1.78. The predicted octanol–water partition coefficient (Wildman–Crippen LogP) is 2.03. The number of carbonyl (C=O) groups is 1. The lowest BCUT2D eigenvalue weighted by Crippen LogP contribution is -2.36. The molecule has 6 heteroatoms. The van der Waals surface area contributed by atoms with Crippen LogP contribution >= 0.6 is 28.3 Å². The van der Waals surface area contributed by atoms with Crippen LogP contribution in [0.1, 0.15) is 6.42 Å². The number of nitrogens with zero attached hydrogens (tertiary/aromatic N) is 1. The molecule has 1 atom stereocenters. The first-order valence-electron chi connectivity index (χ1n) is 6.61. The SMILES string of the molecule is CNCC(=O)NCC1CCN(c2cccc(Br)c2)C1.Cl. The Morgan fingerprint density at radius 3 is 3.00 bits per heavy atom. The normalized spacial score (nSPS) is 17.7. The van der Waals surface area contributed by atoms with Crippen LogP contribution in [0.25, 0.3) is 0 Å². The highest BCUT2D eigenvalue weighted by atomic mass is 79.9. The zero-order valence-corrected chi connectivity index (χ0v) is 14.0. The molecule has 2 N–H and O–H groups in total. The molecule has 1 aromatic rings. The Hall–Kier alpha value is -0.780. The standard InChI is InChI=1S/C14H20BrN3O.ClH/c1-16-9-14(19)17-8-11-5-6-18(10-11)13-4-2-3-12(15)7-13;/h2-4,7,11,16H,5-6,8-10H2,1H3,(H,17,19);1H. The van der Waals surface area contributed by atoms with Crippen molar-refractivity contribution < 1.29 is 4.79 Å². The van der Waals surface area contributed by atoms with Gasteiger partial charge in [0, 0.05) is 29.8 Å². The van der Waals surface area contributed by atoms with Gasteiger partial charge in [0.2, 0.25) is 5.91 Å². The van der Waals surface area contributed by atoms with E-state index in [9.17, 15) is 4.79 Å². The van der Waals surface area contributed by atoms with Crippen LogP contribution in [-0.2, 0) is 4.79 Å². The highest BCUT2D eigenvalue weighted by Crippen LogP contribution is 2.25. The molecule has 2 rings (SSSR count). The Kier molecular flexibility index (Phi) is 7.34. The number of rotatable bonds is 5. The largest absolute Gasteiger partial charge is 0.371 e. The molecule has 1 saturated heterocycles. The maximum absolute atomic E-state index is 11.4. The average Bonchev–Trinajstić information content (AvgIpc) is 2.85. The first kappa shape index (κ1) is 17.3. The van der Waals surface area contributed by atoms with Crippen LogP contribution in [0.5, 0.6) is 0 Å². The summed E-state index contributed by atoms with van der Waals surface area (Å²) in [4.78, 5) is 13.8. The summed E-state index contributed by atoms with van der Waals surface area (Å²) < 4.78 is 1.11. The molecule has 20 heavy (non-hydrogen) atoms. The van der Waals surface area contributed by atoms with Crippen molar-refractivity contribution in [1.29, 1.82) is 0 Å². The molecule has 0 aliphatic carbocycles. The fraction of sp³-hybridized carbons (Fsp3) is 0.500. The van der Waals surface area contributed by atoms with Gasteiger partial charge in [-0.25, -0.2) is 0 Å². The van der Waals surface area contributed by atoms with Crippen LogP contribution in [0.3, 0.4) is 0 Å². The van der Waals surface area contributed by atoms with Crippen LogP contribution in [0.4, 0.5) is 5.69 Å². The number of hydrogen-bond donors (Lipinski definition) is 2. The summed E-state index contributed by atoms with van der Waals surface area (Å²) in [6.45, 7) is 3.23. The first-order valence-corrected chi connectivity index (χ1v) is 7.40. The number of likely N-dealkylation sites (N-methyl/N-ethyl adjacent to an activating group) is 1. The Morgan fingerprint density at radius 1 is 1.50 bits per heavy atom. The molecule has 4 nitrogen and oxygen atoms in total. The van der Waals surface area contributed by atoms with E-state index in [1.807, 2.05) is 6.07 Å². The lowest BCUT2D eigenvalue weighted by Gasteiger charge is -2.19. The van der Waals surface area contributed by atoms with Crippen molar-refractivity contribution in [1.82, 2.24) is 10.6 Å². The lowest BCUT2D eigenvalue weighted by atomic mass is 10.1. The van der Waals surface area contributed by atoms with Crippen LogP contribution in [0, 0.1) is 5.92 Å². The Balaban J connectivity index is 0.00000200. The average molecular weight is 363 g/mol. The van der Waals surface area contributed by atoms with Gasteiger partial charge in [-0.3, -0.25) is 4.79 Å². The van der Waals surface area contributed by atoms with E-state index in [2.05, 4.69) is 49.7 Å². The molecule has 0 spiro atoms. The molecule has 1 aliphatic heterocycles. The molecule has 112 valence electrons. The van der Waals surface area contributed by atoms with Crippen LogP contribution in [0.2, 0.25) is 0 Å². The third-order valence-corrected chi connectivity index (χ3v) is 3.88. The van der Waals surface area contributed by atoms with Crippen molar-refractivity contribution in [3.63, 3.8) is 0 Å². The molecule has 1 heterocycles. The van der Waals surface area contributed by atoms with Crippen LogP contribution in [0.15, 0.2) is 28.7 Å². The van der Waals surface area contributed by atoms with Gasteiger partial charge in [0.25, 0.3) is 0 Å². The zero-order valence-electron chi connectivity index (χ0n) is 11.6. The Bertz CT molecular complexity index is 444. The molecule has 0 aromatic heterocycles. The van der Waals surface area contributed by atoms with Gasteiger partial charge in [0.05, 0.1) is 6.54 Å². The minimum absolute atomic E-state index is 0. The van der Waals surface area contributed by atoms with Gasteiger partial charge >= 0.3 is 0 Å². The smallest absolute Gasteiger partial charge is 0.233 e. The van der Waals surface area contributed by atoms with Crippen molar-refractivity contribution in [3.8, 4) is 0 Å². The summed E-state index contributed by atoms with van der Waals surface area (Å²) in [5, 5.41) is 5.83. The number of benzene rings is 1. The highest BCUT2D eigenvalue weighted by Gasteiger charge is 2.22. The van der Waals surface area contributed by atoms with Gasteiger partial charge < -0.3 is 15.5 Å². The van der Waals surface area contributed by atoms with E-state index in [4.69, 9.17) is 0 Å². The van der Waals surface area contributed by atoms with Crippen molar-refractivity contribution >= 4 is 39.9 Å². The summed E-state index contributed by atoms with van der Waals surface area (Å²) in [5.74, 6) is 0.614. The molecule has 1 fully saturated rings. The van der Waals surface area contributed by atoms with Gasteiger partial charge in [-0.05, 0) is 37.6 Å². The summed E-state index contributed by atoms with van der Waals surface area (Å²) in [6.07, 6.45) is 1.13. The van der Waals surface area contributed by atoms with Crippen LogP contribution in [-0.4, -0.2) is 39.1 Å². The number of carbonyl (C=O) groups excluding carboxylic acids is 1. The number of hydrogen-bond acceptors (Lipinski definition) is 3. The maximum atomic E-state index is 11.4. The van der Waals surface area contributed by atoms with E-state index < -0.39 is 0 Å². The topological polar surface area (TPSA) is 44.4 Å². The molecule has 0 saturated carbocycles. The van der Waals surface area contributed by atoms with Gasteiger partial charge in [-0.1, -0.05) is 22.0 Å². The molecule has 1 aromatic carbocycles. The zero-order chi connectivity index (χ0) is 13.7. The molecule has 1 unspecified atom stereocenters. The summed E-state index contributed by atoms with van der Waals surface area (Å²) >= 11 is 3.50. The third kappa shape index (κ3) is 4.96. The monoisotopic (exact) mass is 361 g/mol. The predicted molar refractivity (Wildman–Crippen MR) is 88.6 cm³/mol. The van der Waals surface area contributed by atoms with E-state index in [0.717, 1.165) is 30.5 Å². The van der Waals surface area contributed by atoms with Gasteiger partial charge in [0.1, 0.15) is 0 Å². The number of amides is 1. The van der Waals surface area contributed by atoms with Crippen LogP contribution < -0.4 is 15.5 Å². The third-order valence-electron chi connectivity index (χ3n) is 3.38. The van der Waals surface area contributed by atoms with Gasteiger partial charge in [-0.15, -0.1) is 12.4 Å². The molecule has 0 radical (unpaired) electrons. The fourth-order valence-corrected chi connectivity index (χ4v) is 2.77. The number of nitrogens with one attached hydrogen (secondary N) is 2. The Labute approximate surface area is 134 Å². The second-order valence-corrected chi connectivity index (χ2v) is 5.83. The van der Waals surface area contributed by atoms with E-state index in [1.165, 1.54) is 5.69 Å². The fourth-order valence-electron chi connectivity index (χ4n) is 2.39. The van der Waals surface area contributed by atoms with Crippen molar-refractivity contribution in [3.05, 3.63) is 28.7 Å².